The van der Waals surface area contributed by atoms with Crippen molar-refractivity contribution in [2.45, 2.75) is 32.4 Å². The molecule has 2 N–H and O–H groups in total. The van der Waals surface area contributed by atoms with Gasteiger partial charge in [-0.15, -0.1) is 0 Å². The first-order valence-electron chi connectivity index (χ1n) is 8.91. The van der Waals surface area contributed by atoms with Crippen LogP contribution in [0.3, 0.4) is 0 Å². The van der Waals surface area contributed by atoms with Gasteiger partial charge in [-0.25, -0.2) is 0 Å². The number of amides is 1. The molecule has 1 aromatic carbocycles. The Labute approximate surface area is 145 Å². The molecule has 0 spiro atoms. The Morgan fingerprint density at radius 2 is 1.79 bits per heavy atom. The van der Waals surface area contributed by atoms with Crippen molar-refractivity contribution in [1.29, 1.82) is 0 Å². The smallest absolute Gasteiger partial charge is 0.242 e. The van der Waals surface area contributed by atoms with Gasteiger partial charge in [0, 0.05) is 38.8 Å². The molecule has 1 heterocycles. The predicted octanol–water partition coefficient (Wildman–Crippen LogP) is 1.50. The Hall–Kier alpha value is -1.43. The average molecular weight is 333 g/mol. The van der Waals surface area contributed by atoms with E-state index in [4.69, 9.17) is 0 Å². The molecule has 2 unspecified atom stereocenters. The largest absolute Gasteiger partial charge is 0.396 e. The molecule has 1 aliphatic rings. The predicted molar refractivity (Wildman–Crippen MR) is 96.7 cm³/mol. The standard InChI is InChI=1S/C19H31N3O2/c1-15(2)17(9-14-23)20-19(24)18(16-7-5-4-6-8-16)22-12-10-21(3)11-13-22/h4-8,15,17-18,23H,9-14H2,1-3H3,(H,20,24). The van der Waals surface area contributed by atoms with Gasteiger partial charge < -0.3 is 15.3 Å². The molecule has 2 rings (SSSR count). The molecule has 0 saturated carbocycles. The number of nitrogens with one attached hydrogen (secondary N) is 1. The SMILES string of the molecule is CC(C)C(CCO)NC(=O)C(c1ccccc1)N1CCN(C)CC1. The summed E-state index contributed by atoms with van der Waals surface area (Å²) < 4.78 is 0. The van der Waals surface area contributed by atoms with Gasteiger partial charge in [-0.05, 0) is 24.9 Å². The molecule has 2 atom stereocenters. The maximum absolute atomic E-state index is 13.1. The summed E-state index contributed by atoms with van der Waals surface area (Å²) in [6.45, 7) is 7.96. The van der Waals surface area contributed by atoms with Crippen molar-refractivity contribution in [1.82, 2.24) is 15.1 Å². The highest BCUT2D eigenvalue weighted by Gasteiger charge is 2.31. The number of carbonyl (C=O) groups excluding carboxylic acids is 1. The second-order valence-electron chi connectivity index (χ2n) is 7.02. The lowest BCUT2D eigenvalue weighted by atomic mass is 9.98. The minimum absolute atomic E-state index is 0.00109. The summed E-state index contributed by atoms with van der Waals surface area (Å²) >= 11 is 0. The van der Waals surface area contributed by atoms with Crippen molar-refractivity contribution >= 4 is 5.91 Å². The molecule has 0 bridgehead atoms. The monoisotopic (exact) mass is 333 g/mol. The minimum atomic E-state index is -0.264. The third-order valence-electron chi connectivity index (χ3n) is 4.84. The van der Waals surface area contributed by atoms with Crippen LogP contribution in [0.2, 0.25) is 0 Å². The minimum Gasteiger partial charge on any atom is -0.396 e. The van der Waals surface area contributed by atoms with Gasteiger partial charge in [0.15, 0.2) is 0 Å². The average Bonchev–Trinajstić information content (AvgIpc) is 2.57. The molecule has 134 valence electrons. The summed E-state index contributed by atoms with van der Waals surface area (Å²) in [5.41, 5.74) is 1.03. The normalized spacial score (nSPS) is 19.2. The number of aliphatic hydroxyl groups excluding tert-OH is 1. The summed E-state index contributed by atoms with van der Waals surface area (Å²) in [5.74, 6) is 0.336. The second-order valence-corrected chi connectivity index (χ2v) is 7.02. The lowest BCUT2D eigenvalue weighted by Crippen LogP contribution is -2.51. The van der Waals surface area contributed by atoms with Gasteiger partial charge in [-0.3, -0.25) is 9.69 Å². The molecule has 5 nitrogen and oxygen atoms in total. The third-order valence-corrected chi connectivity index (χ3v) is 4.84. The highest BCUT2D eigenvalue weighted by Crippen LogP contribution is 2.23. The lowest BCUT2D eigenvalue weighted by Gasteiger charge is -2.38. The number of hydrogen-bond acceptors (Lipinski definition) is 4. The fourth-order valence-corrected chi connectivity index (χ4v) is 3.22. The first kappa shape index (κ1) is 18.9. The molecule has 0 radical (unpaired) electrons. The van der Waals surface area contributed by atoms with Crippen molar-refractivity contribution in [3.63, 3.8) is 0 Å². The van der Waals surface area contributed by atoms with Crippen molar-refractivity contribution in [2.75, 3.05) is 39.8 Å². The number of piperazine rings is 1. The Kier molecular flexibility index (Phi) is 7.21. The van der Waals surface area contributed by atoms with Gasteiger partial charge in [-0.2, -0.15) is 0 Å². The van der Waals surface area contributed by atoms with E-state index < -0.39 is 0 Å². The zero-order chi connectivity index (χ0) is 17.5. The molecule has 1 amide bonds. The van der Waals surface area contributed by atoms with E-state index in [-0.39, 0.29) is 24.6 Å². The van der Waals surface area contributed by atoms with E-state index in [9.17, 15) is 9.90 Å². The number of hydrogen-bond donors (Lipinski definition) is 2. The summed E-state index contributed by atoms with van der Waals surface area (Å²) in [6, 6.07) is 9.74. The van der Waals surface area contributed by atoms with E-state index in [0.29, 0.717) is 12.3 Å². The third kappa shape index (κ3) is 5.03. The maximum atomic E-state index is 13.1. The second kappa shape index (κ2) is 9.16. The van der Waals surface area contributed by atoms with Crippen LogP contribution in [0.5, 0.6) is 0 Å². The van der Waals surface area contributed by atoms with Gasteiger partial charge in [0.05, 0.1) is 0 Å². The number of likely N-dealkylation sites (N-methyl/N-ethyl adjacent to an activating group) is 1. The molecule has 24 heavy (non-hydrogen) atoms. The number of nitrogens with zero attached hydrogens (tertiary/aromatic N) is 2. The Balaban J connectivity index is 2.17. The number of rotatable bonds is 7. The quantitative estimate of drug-likeness (QED) is 0.794. The topological polar surface area (TPSA) is 55.8 Å². The molecule has 0 aliphatic carbocycles. The van der Waals surface area contributed by atoms with Gasteiger partial charge >= 0.3 is 0 Å². The van der Waals surface area contributed by atoms with Crippen LogP contribution in [0.25, 0.3) is 0 Å². The number of aliphatic hydroxyl groups is 1. The molecule has 5 heteroatoms. The highest BCUT2D eigenvalue weighted by atomic mass is 16.3. The summed E-state index contributed by atoms with van der Waals surface area (Å²) in [7, 11) is 2.12. The van der Waals surface area contributed by atoms with Crippen LogP contribution < -0.4 is 5.32 Å². The Morgan fingerprint density at radius 3 is 2.33 bits per heavy atom. The zero-order valence-corrected chi connectivity index (χ0v) is 15.1. The van der Waals surface area contributed by atoms with E-state index in [2.05, 4.69) is 36.0 Å². The van der Waals surface area contributed by atoms with Crippen molar-refractivity contribution < 1.29 is 9.90 Å². The van der Waals surface area contributed by atoms with E-state index in [1.165, 1.54) is 0 Å². The van der Waals surface area contributed by atoms with Crippen LogP contribution in [0.15, 0.2) is 30.3 Å². The molecular weight excluding hydrogens is 302 g/mol. The van der Waals surface area contributed by atoms with Crippen LogP contribution in [0, 0.1) is 5.92 Å². The molecule has 1 fully saturated rings. The van der Waals surface area contributed by atoms with Crippen LogP contribution in [-0.4, -0.2) is 66.7 Å². The fourth-order valence-electron chi connectivity index (χ4n) is 3.22. The first-order chi connectivity index (χ1) is 11.5. The van der Waals surface area contributed by atoms with Gasteiger partial charge in [0.25, 0.3) is 0 Å². The maximum Gasteiger partial charge on any atom is 0.242 e. The first-order valence-corrected chi connectivity index (χ1v) is 8.91. The molecule has 1 saturated heterocycles. The molecule has 1 aliphatic heterocycles. The van der Waals surface area contributed by atoms with Gasteiger partial charge in [-0.1, -0.05) is 44.2 Å². The van der Waals surface area contributed by atoms with Crippen molar-refractivity contribution in [3.8, 4) is 0 Å². The van der Waals surface area contributed by atoms with Gasteiger partial charge in [0.2, 0.25) is 5.91 Å². The fraction of sp³-hybridized carbons (Fsp3) is 0.632. The zero-order valence-electron chi connectivity index (χ0n) is 15.1. The van der Waals surface area contributed by atoms with Crippen LogP contribution >= 0.6 is 0 Å². The molecule has 0 aromatic heterocycles. The summed E-state index contributed by atoms with van der Waals surface area (Å²) in [5, 5.41) is 12.4. The Bertz CT molecular complexity index is 499. The molecule has 1 aromatic rings. The number of benzene rings is 1. The van der Waals surface area contributed by atoms with Crippen LogP contribution in [-0.2, 0) is 4.79 Å². The highest BCUT2D eigenvalue weighted by molar-refractivity contribution is 5.83. The van der Waals surface area contributed by atoms with E-state index in [0.717, 1.165) is 31.7 Å². The Morgan fingerprint density at radius 1 is 1.17 bits per heavy atom. The summed E-state index contributed by atoms with van der Waals surface area (Å²) in [6.07, 6.45) is 0.591. The number of carbonyl (C=O) groups is 1. The summed E-state index contributed by atoms with van der Waals surface area (Å²) in [4.78, 5) is 17.6. The van der Waals surface area contributed by atoms with Gasteiger partial charge in [0.1, 0.15) is 6.04 Å². The van der Waals surface area contributed by atoms with Crippen LogP contribution in [0.4, 0.5) is 0 Å². The van der Waals surface area contributed by atoms with E-state index in [1.807, 2.05) is 30.3 Å². The van der Waals surface area contributed by atoms with Crippen molar-refractivity contribution in [3.05, 3.63) is 35.9 Å². The van der Waals surface area contributed by atoms with Crippen molar-refractivity contribution in [2.24, 2.45) is 5.92 Å². The van der Waals surface area contributed by atoms with E-state index >= 15 is 0 Å². The van der Waals surface area contributed by atoms with Crippen LogP contribution in [0.1, 0.15) is 31.9 Å². The van der Waals surface area contributed by atoms with E-state index in [1.54, 1.807) is 0 Å². The molecular formula is C19H31N3O2. The lowest BCUT2D eigenvalue weighted by molar-refractivity contribution is -0.128.